The van der Waals surface area contributed by atoms with Gasteiger partial charge in [-0.1, -0.05) is 11.6 Å². The van der Waals surface area contributed by atoms with Crippen LogP contribution in [0.1, 0.15) is 36.8 Å². The molecule has 0 aromatic carbocycles. The number of hydrogen-bond donors (Lipinski definition) is 1. The standard InChI is InChI=1S/C12H18ClNS2/c1-12(2,15-3)7-14-9-4-5-10-8(9)6-11(13)16-10/h6,9,14H,4-5,7H2,1-3H3. The lowest BCUT2D eigenvalue weighted by atomic mass is 10.1. The zero-order chi connectivity index (χ0) is 11.8. The largest absolute Gasteiger partial charge is 0.309 e. The first kappa shape index (κ1) is 12.7. The second kappa shape index (κ2) is 4.89. The van der Waals surface area contributed by atoms with Gasteiger partial charge in [0.2, 0.25) is 0 Å². The second-order valence-corrected chi connectivity index (χ2v) is 8.15. The zero-order valence-electron chi connectivity index (χ0n) is 9.97. The number of nitrogens with one attached hydrogen (secondary N) is 1. The van der Waals surface area contributed by atoms with Gasteiger partial charge in [0.25, 0.3) is 0 Å². The molecule has 1 aliphatic rings. The van der Waals surface area contributed by atoms with Crippen molar-refractivity contribution >= 4 is 34.7 Å². The Balaban J connectivity index is 1.98. The summed E-state index contributed by atoms with van der Waals surface area (Å²) in [5.41, 5.74) is 1.44. The van der Waals surface area contributed by atoms with E-state index in [4.69, 9.17) is 11.6 Å². The third-order valence-electron chi connectivity index (χ3n) is 3.17. The average Bonchev–Trinajstić information content (AvgIpc) is 2.74. The summed E-state index contributed by atoms with van der Waals surface area (Å²) >= 11 is 9.70. The van der Waals surface area contributed by atoms with Gasteiger partial charge in [0, 0.05) is 22.2 Å². The van der Waals surface area contributed by atoms with Gasteiger partial charge >= 0.3 is 0 Å². The summed E-state index contributed by atoms with van der Waals surface area (Å²) in [7, 11) is 0. The molecule has 0 saturated carbocycles. The molecule has 1 aliphatic carbocycles. The molecule has 0 radical (unpaired) electrons. The number of halogens is 1. The van der Waals surface area contributed by atoms with Crippen LogP contribution in [-0.2, 0) is 6.42 Å². The van der Waals surface area contributed by atoms with E-state index in [1.807, 2.05) is 11.8 Å². The van der Waals surface area contributed by atoms with E-state index in [0.29, 0.717) is 10.8 Å². The van der Waals surface area contributed by atoms with Gasteiger partial charge in [-0.3, -0.25) is 0 Å². The van der Waals surface area contributed by atoms with Gasteiger partial charge in [-0.25, -0.2) is 0 Å². The highest BCUT2D eigenvalue weighted by Gasteiger charge is 2.26. The van der Waals surface area contributed by atoms with Crippen molar-refractivity contribution in [2.45, 2.75) is 37.5 Å². The summed E-state index contributed by atoms with van der Waals surface area (Å²) in [6, 6.07) is 2.66. The van der Waals surface area contributed by atoms with Crippen molar-refractivity contribution in [3.63, 3.8) is 0 Å². The molecule has 1 aromatic rings. The van der Waals surface area contributed by atoms with Gasteiger partial charge in [0.05, 0.1) is 4.34 Å². The number of rotatable bonds is 4. The smallest absolute Gasteiger partial charge is 0.0934 e. The Morgan fingerprint density at radius 3 is 3.06 bits per heavy atom. The van der Waals surface area contributed by atoms with Gasteiger partial charge in [-0.2, -0.15) is 11.8 Å². The molecule has 0 amide bonds. The molecule has 0 bridgehead atoms. The minimum absolute atomic E-state index is 0.308. The highest BCUT2D eigenvalue weighted by Crippen LogP contribution is 2.39. The quantitative estimate of drug-likeness (QED) is 0.887. The number of fused-ring (bicyclic) bond motifs is 1. The Labute approximate surface area is 111 Å². The molecule has 1 atom stereocenters. The van der Waals surface area contributed by atoms with Crippen molar-refractivity contribution < 1.29 is 0 Å². The zero-order valence-corrected chi connectivity index (χ0v) is 12.4. The Morgan fingerprint density at radius 2 is 2.38 bits per heavy atom. The first-order valence-electron chi connectivity index (χ1n) is 5.58. The molecule has 0 saturated heterocycles. The van der Waals surface area contributed by atoms with Crippen LogP contribution in [-0.4, -0.2) is 17.5 Å². The lowest BCUT2D eigenvalue weighted by Crippen LogP contribution is -2.33. The molecular formula is C12H18ClNS2. The molecule has 16 heavy (non-hydrogen) atoms. The van der Waals surface area contributed by atoms with Crippen LogP contribution in [0.2, 0.25) is 4.34 Å². The number of thiophene rings is 1. The molecular weight excluding hydrogens is 258 g/mol. The first-order chi connectivity index (χ1) is 7.52. The van der Waals surface area contributed by atoms with E-state index >= 15 is 0 Å². The monoisotopic (exact) mass is 275 g/mol. The number of aryl methyl sites for hydroxylation is 1. The van der Waals surface area contributed by atoms with Crippen molar-refractivity contribution in [2.24, 2.45) is 0 Å². The van der Waals surface area contributed by atoms with E-state index in [1.54, 1.807) is 11.3 Å². The summed E-state index contributed by atoms with van der Waals surface area (Å²) in [6.07, 6.45) is 4.58. The highest BCUT2D eigenvalue weighted by molar-refractivity contribution is 7.99. The van der Waals surface area contributed by atoms with Crippen molar-refractivity contribution in [3.8, 4) is 0 Å². The van der Waals surface area contributed by atoms with Crippen LogP contribution in [0.25, 0.3) is 0 Å². The third-order valence-corrected chi connectivity index (χ3v) is 5.76. The maximum absolute atomic E-state index is 6.05. The van der Waals surface area contributed by atoms with Crippen LogP contribution in [0, 0.1) is 0 Å². The molecule has 1 N–H and O–H groups in total. The lowest BCUT2D eigenvalue weighted by Gasteiger charge is -2.25. The molecule has 0 aliphatic heterocycles. The van der Waals surface area contributed by atoms with Crippen LogP contribution in [0.3, 0.4) is 0 Å². The summed E-state index contributed by atoms with van der Waals surface area (Å²) in [4.78, 5) is 1.48. The van der Waals surface area contributed by atoms with E-state index in [9.17, 15) is 0 Å². The van der Waals surface area contributed by atoms with Crippen molar-refractivity contribution in [1.82, 2.24) is 5.32 Å². The van der Waals surface area contributed by atoms with Crippen LogP contribution < -0.4 is 5.32 Å². The van der Waals surface area contributed by atoms with E-state index < -0.39 is 0 Å². The van der Waals surface area contributed by atoms with E-state index in [0.717, 1.165) is 10.9 Å². The number of thioether (sulfide) groups is 1. The molecule has 1 heterocycles. The molecule has 90 valence electrons. The van der Waals surface area contributed by atoms with Gasteiger partial charge in [-0.05, 0) is 44.6 Å². The molecule has 1 nitrogen and oxygen atoms in total. The van der Waals surface area contributed by atoms with Crippen LogP contribution in [0.5, 0.6) is 0 Å². The molecule has 1 unspecified atom stereocenters. The maximum atomic E-state index is 6.05. The predicted octanol–water partition coefficient (Wildman–Crippen LogP) is 4.12. The van der Waals surface area contributed by atoms with Crippen LogP contribution in [0.4, 0.5) is 0 Å². The molecule has 2 rings (SSSR count). The summed E-state index contributed by atoms with van der Waals surface area (Å²) in [5.74, 6) is 0. The summed E-state index contributed by atoms with van der Waals surface area (Å²) in [5, 5.41) is 3.67. The van der Waals surface area contributed by atoms with Gasteiger partial charge in [-0.15, -0.1) is 11.3 Å². The second-order valence-electron chi connectivity index (χ2n) is 4.87. The van der Waals surface area contributed by atoms with E-state index in [-0.39, 0.29) is 0 Å². The molecule has 0 fully saturated rings. The van der Waals surface area contributed by atoms with Crippen molar-refractivity contribution in [1.29, 1.82) is 0 Å². The van der Waals surface area contributed by atoms with Crippen LogP contribution >= 0.6 is 34.7 Å². The van der Waals surface area contributed by atoms with Gasteiger partial charge in [0.1, 0.15) is 0 Å². The topological polar surface area (TPSA) is 12.0 Å². The Hall–Kier alpha value is 0.300. The minimum Gasteiger partial charge on any atom is -0.309 e. The fourth-order valence-electron chi connectivity index (χ4n) is 1.98. The molecule has 0 spiro atoms. The molecule has 4 heteroatoms. The maximum Gasteiger partial charge on any atom is 0.0934 e. The fourth-order valence-corrected chi connectivity index (χ4v) is 3.57. The Kier molecular flexibility index (Phi) is 3.89. The van der Waals surface area contributed by atoms with Crippen LogP contribution in [0.15, 0.2) is 6.07 Å². The van der Waals surface area contributed by atoms with E-state index in [2.05, 4.69) is 31.5 Å². The summed E-state index contributed by atoms with van der Waals surface area (Å²) in [6.45, 7) is 5.61. The third kappa shape index (κ3) is 2.76. The van der Waals surface area contributed by atoms with Gasteiger partial charge in [0.15, 0.2) is 0 Å². The van der Waals surface area contributed by atoms with Gasteiger partial charge < -0.3 is 5.32 Å². The highest BCUT2D eigenvalue weighted by atomic mass is 35.5. The normalized spacial score (nSPS) is 20.1. The average molecular weight is 276 g/mol. The fraction of sp³-hybridized carbons (Fsp3) is 0.667. The predicted molar refractivity (Wildman–Crippen MR) is 76.0 cm³/mol. The molecule has 1 aromatic heterocycles. The minimum atomic E-state index is 0.308. The first-order valence-corrected chi connectivity index (χ1v) is 8.00. The lowest BCUT2D eigenvalue weighted by molar-refractivity contribution is 0.493. The van der Waals surface area contributed by atoms with Crippen molar-refractivity contribution in [3.05, 3.63) is 20.8 Å². The van der Waals surface area contributed by atoms with E-state index in [1.165, 1.54) is 23.3 Å². The number of hydrogen-bond acceptors (Lipinski definition) is 3. The SMILES string of the molecule is CSC(C)(C)CNC1CCc2sc(Cl)cc21. The Bertz CT molecular complexity index is 373. The van der Waals surface area contributed by atoms with Crippen molar-refractivity contribution in [2.75, 3.05) is 12.8 Å². The summed E-state index contributed by atoms with van der Waals surface area (Å²) < 4.78 is 1.24. The Morgan fingerprint density at radius 1 is 1.62 bits per heavy atom.